The molecule has 3 rings (SSSR count). The maximum absolute atomic E-state index is 5.96. The van der Waals surface area contributed by atoms with Crippen molar-refractivity contribution in [1.29, 1.82) is 0 Å². The predicted molar refractivity (Wildman–Crippen MR) is 99.2 cm³/mol. The summed E-state index contributed by atoms with van der Waals surface area (Å²) in [5.74, 6) is 1.44. The molecule has 0 unspecified atom stereocenters. The van der Waals surface area contributed by atoms with E-state index in [9.17, 15) is 0 Å². The molecule has 6 nitrogen and oxygen atoms in total. The Labute approximate surface area is 154 Å². The molecule has 1 N–H and O–H groups in total. The van der Waals surface area contributed by atoms with Crippen LogP contribution in [0.4, 0.5) is 0 Å². The third-order valence-electron chi connectivity index (χ3n) is 3.52. The largest absolute Gasteiger partial charge is 0.490 e. The van der Waals surface area contributed by atoms with Crippen molar-refractivity contribution >= 4 is 15.9 Å². The molecule has 0 saturated heterocycles. The van der Waals surface area contributed by atoms with Crippen LogP contribution in [-0.2, 0) is 13.2 Å². The SMILES string of the molecule is CCOc1cc(CNn2cnnc2)c(Br)cc1OCc1ccccc1. The molecule has 0 spiro atoms. The van der Waals surface area contributed by atoms with Gasteiger partial charge in [-0.1, -0.05) is 46.3 Å². The van der Waals surface area contributed by atoms with Gasteiger partial charge < -0.3 is 14.9 Å². The summed E-state index contributed by atoms with van der Waals surface area (Å²) in [6.07, 6.45) is 3.21. The van der Waals surface area contributed by atoms with Crippen LogP contribution < -0.4 is 14.9 Å². The monoisotopic (exact) mass is 402 g/mol. The van der Waals surface area contributed by atoms with E-state index in [0.717, 1.165) is 21.3 Å². The summed E-state index contributed by atoms with van der Waals surface area (Å²) >= 11 is 3.61. The smallest absolute Gasteiger partial charge is 0.162 e. The molecule has 0 radical (unpaired) electrons. The van der Waals surface area contributed by atoms with Crippen molar-refractivity contribution in [3.63, 3.8) is 0 Å². The van der Waals surface area contributed by atoms with Crippen LogP contribution in [0.1, 0.15) is 18.1 Å². The molecule has 2 aromatic carbocycles. The van der Waals surface area contributed by atoms with Crippen LogP contribution in [0.25, 0.3) is 0 Å². The standard InChI is InChI=1S/C18H19BrN4O2/c1-2-24-17-8-15(10-22-23-12-20-21-13-23)16(19)9-18(17)25-11-14-6-4-3-5-7-14/h3-9,12-13,22H,2,10-11H2,1H3. The second kappa shape index (κ2) is 8.53. The molecule has 130 valence electrons. The number of benzene rings is 2. The minimum absolute atomic E-state index is 0.492. The Morgan fingerprint density at radius 2 is 1.76 bits per heavy atom. The molecule has 0 aliphatic carbocycles. The van der Waals surface area contributed by atoms with E-state index < -0.39 is 0 Å². The van der Waals surface area contributed by atoms with Crippen LogP contribution in [0.3, 0.4) is 0 Å². The van der Waals surface area contributed by atoms with Crippen molar-refractivity contribution in [3.8, 4) is 11.5 Å². The first-order valence-corrected chi connectivity index (χ1v) is 8.76. The number of nitrogens with one attached hydrogen (secondary N) is 1. The molecule has 0 fully saturated rings. The Hall–Kier alpha value is -2.54. The lowest BCUT2D eigenvalue weighted by Crippen LogP contribution is -2.12. The lowest BCUT2D eigenvalue weighted by molar-refractivity contribution is 0.269. The number of hydrogen-bond donors (Lipinski definition) is 1. The Morgan fingerprint density at radius 1 is 1.04 bits per heavy atom. The first-order valence-electron chi connectivity index (χ1n) is 7.96. The van der Waals surface area contributed by atoms with Crippen molar-refractivity contribution in [1.82, 2.24) is 14.9 Å². The number of rotatable bonds is 8. The van der Waals surface area contributed by atoms with Gasteiger partial charge in [0.25, 0.3) is 0 Å². The van der Waals surface area contributed by atoms with Gasteiger partial charge in [-0.3, -0.25) is 0 Å². The lowest BCUT2D eigenvalue weighted by atomic mass is 10.2. The van der Waals surface area contributed by atoms with Crippen molar-refractivity contribution in [3.05, 3.63) is 70.7 Å². The zero-order chi connectivity index (χ0) is 17.5. The summed E-state index contributed by atoms with van der Waals surface area (Å²) in [5, 5.41) is 7.53. The molecule has 1 heterocycles. The van der Waals surface area contributed by atoms with Crippen LogP contribution in [0.15, 0.2) is 59.6 Å². The fraction of sp³-hybridized carbons (Fsp3) is 0.222. The van der Waals surface area contributed by atoms with Crippen molar-refractivity contribution in [2.75, 3.05) is 12.0 Å². The second-order valence-electron chi connectivity index (χ2n) is 5.30. The van der Waals surface area contributed by atoms with Crippen LogP contribution >= 0.6 is 15.9 Å². The number of aromatic nitrogens is 3. The third-order valence-corrected chi connectivity index (χ3v) is 4.26. The minimum Gasteiger partial charge on any atom is -0.490 e. The summed E-state index contributed by atoms with van der Waals surface area (Å²) in [6.45, 7) is 3.61. The normalized spacial score (nSPS) is 10.5. The maximum Gasteiger partial charge on any atom is 0.162 e. The van der Waals surface area contributed by atoms with Crippen LogP contribution in [0.5, 0.6) is 11.5 Å². The van der Waals surface area contributed by atoms with Gasteiger partial charge in [0.15, 0.2) is 11.5 Å². The van der Waals surface area contributed by atoms with E-state index in [2.05, 4.69) is 31.6 Å². The number of hydrogen-bond acceptors (Lipinski definition) is 5. The van der Waals surface area contributed by atoms with Crippen LogP contribution in [0.2, 0.25) is 0 Å². The van der Waals surface area contributed by atoms with Crippen LogP contribution in [-0.4, -0.2) is 21.5 Å². The molecule has 0 atom stereocenters. The second-order valence-corrected chi connectivity index (χ2v) is 6.16. The fourth-order valence-electron chi connectivity index (χ4n) is 2.29. The summed E-state index contributed by atoms with van der Waals surface area (Å²) in [7, 11) is 0. The van der Waals surface area contributed by atoms with Gasteiger partial charge in [0, 0.05) is 4.47 Å². The van der Waals surface area contributed by atoms with Gasteiger partial charge in [-0.2, -0.15) is 0 Å². The Bertz CT molecular complexity index is 794. The quantitative estimate of drug-likeness (QED) is 0.621. The topological polar surface area (TPSA) is 61.2 Å². The van der Waals surface area contributed by atoms with Crippen LogP contribution in [0, 0.1) is 0 Å². The number of nitrogens with zero attached hydrogens (tertiary/aromatic N) is 3. The van der Waals surface area contributed by atoms with Gasteiger partial charge >= 0.3 is 0 Å². The highest BCUT2D eigenvalue weighted by Gasteiger charge is 2.11. The van der Waals surface area contributed by atoms with Crippen molar-refractivity contribution in [2.24, 2.45) is 0 Å². The van der Waals surface area contributed by atoms with Gasteiger partial charge in [0.05, 0.1) is 13.2 Å². The number of ether oxygens (including phenoxy) is 2. The summed E-state index contributed by atoms with van der Waals surface area (Å²) in [4.78, 5) is 0. The molecule has 25 heavy (non-hydrogen) atoms. The van der Waals surface area contributed by atoms with E-state index in [4.69, 9.17) is 9.47 Å². The average molecular weight is 403 g/mol. The first-order chi connectivity index (χ1) is 12.3. The summed E-state index contributed by atoms with van der Waals surface area (Å²) in [5.41, 5.74) is 5.35. The molecule has 3 aromatic rings. The molecule has 1 aromatic heterocycles. The molecule has 0 aliphatic rings. The van der Waals surface area contributed by atoms with Gasteiger partial charge in [-0.05, 0) is 30.2 Å². The molecule has 0 aliphatic heterocycles. The van der Waals surface area contributed by atoms with Gasteiger partial charge in [0.1, 0.15) is 19.3 Å². The Balaban J connectivity index is 1.74. The van der Waals surface area contributed by atoms with Gasteiger partial charge in [-0.15, -0.1) is 10.2 Å². The molecule has 0 saturated carbocycles. The third kappa shape index (κ3) is 4.73. The highest BCUT2D eigenvalue weighted by Crippen LogP contribution is 2.34. The van der Waals surface area contributed by atoms with E-state index in [1.807, 2.05) is 49.4 Å². The minimum atomic E-state index is 0.492. The van der Waals surface area contributed by atoms with E-state index in [1.165, 1.54) is 0 Å². The fourth-order valence-corrected chi connectivity index (χ4v) is 2.75. The first kappa shape index (κ1) is 17.3. The lowest BCUT2D eigenvalue weighted by Gasteiger charge is -2.16. The molecule has 7 heteroatoms. The van der Waals surface area contributed by atoms with Gasteiger partial charge in [0.2, 0.25) is 0 Å². The summed E-state index contributed by atoms with van der Waals surface area (Å²) < 4.78 is 14.4. The highest BCUT2D eigenvalue weighted by molar-refractivity contribution is 9.10. The highest BCUT2D eigenvalue weighted by atomic mass is 79.9. The molecule has 0 bridgehead atoms. The van der Waals surface area contributed by atoms with E-state index in [0.29, 0.717) is 25.5 Å². The molecular formula is C18H19BrN4O2. The number of halogens is 1. The Kier molecular flexibility index (Phi) is 5.90. The molecule has 0 amide bonds. The summed E-state index contributed by atoms with van der Waals surface area (Å²) in [6, 6.07) is 14.0. The zero-order valence-corrected chi connectivity index (χ0v) is 15.4. The Morgan fingerprint density at radius 3 is 2.48 bits per heavy atom. The zero-order valence-electron chi connectivity index (χ0n) is 13.9. The van der Waals surface area contributed by atoms with E-state index in [1.54, 1.807) is 17.3 Å². The maximum atomic E-state index is 5.96. The van der Waals surface area contributed by atoms with E-state index >= 15 is 0 Å². The van der Waals surface area contributed by atoms with Gasteiger partial charge in [-0.25, -0.2) is 4.68 Å². The van der Waals surface area contributed by atoms with E-state index in [-0.39, 0.29) is 0 Å². The van der Waals surface area contributed by atoms with Crippen molar-refractivity contribution < 1.29 is 9.47 Å². The average Bonchev–Trinajstić information content (AvgIpc) is 3.15. The predicted octanol–water partition coefficient (Wildman–Crippen LogP) is 3.76. The molecular weight excluding hydrogens is 384 g/mol. The van der Waals surface area contributed by atoms with Crippen molar-refractivity contribution in [2.45, 2.75) is 20.1 Å².